The summed E-state index contributed by atoms with van der Waals surface area (Å²) in [5.74, 6) is 1.57. The van der Waals surface area contributed by atoms with Gasteiger partial charge in [0.05, 0.1) is 6.20 Å². The van der Waals surface area contributed by atoms with Crippen LogP contribution in [0.25, 0.3) is 0 Å². The molecule has 2 fully saturated rings. The molecular weight excluding hydrogens is 272 g/mol. The molecule has 4 nitrogen and oxygen atoms in total. The summed E-state index contributed by atoms with van der Waals surface area (Å²) in [7, 11) is 0. The highest BCUT2D eigenvalue weighted by atomic mass is 35.5. The van der Waals surface area contributed by atoms with E-state index in [-0.39, 0.29) is 12.4 Å². The van der Waals surface area contributed by atoms with Crippen LogP contribution in [0, 0.1) is 11.8 Å². The molecule has 3 atom stereocenters. The van der Waals surface area contributed by atoms with E-state index < -0.39 is 0 Å². The molecular formula is C15H27ClN4. The summed E-state index contributed by atoms with van der Waals surface area (Å²) in [5.41, 5.74) is 7.61. The van der Waals surface area contributed by atoms with Gasteiger partial charge < -0.3 is 5.73 Å². The van der Waals surface area contributed by atoms with Crippen molar-refractivity contribution in [2.45, 2.75) is 51.7 Å². The summed E-state index contributed by atoms with van der Waals surface area (Å²) < 4.78 is 2.05. The van der Waals surface area contributed by atoms with Crippen molar-refractivity contribution in [2.24, 2.45) is 17.6 Å². The van der Waals surface area contributed by atoms with Crippen LogP contribution in [-0.2, 0) is 6.54 Å². The smallest absolute Gasteiger partial charge is 0.0534 e. The van der Waals surface area contributed by atoms with Gasteiger partial charge in [0.15, 0.2) is 0 Å². The minimum absolute atomic E-state index is 0. The molecule has 0 aromatic carbocycles. The third-order valence-electron chi connectivity index (χ3n) is 4.82. The van der Waals surface area contributed by atoms with Crippen LogP contribution in [-0.4, -0.2) is 33.8 Å². The van der Waals surface area contributed by atoms with Gasteiger partial charge in [0, 0.05) is 43.5 Å². The molecule has 2 aliphatic rings. The van der Waals surface area contributed by atoms with Gasteiger partial charge in [0.2, 0.25) is 0 Å². The van der Waals surface area contributed by atoms with E-state index in [2.05, 4.69) is 30.0 Å². The van der Waals surface area contributed by atoms with Crippen molar-refractivity contribution in [3.8, 4) is 0 Å². The van der Waals surface area contributed by atoms with Gasteiger partial charge in [-0.2, -0.15) is 5.10 Å². The highest BCUT2D eigenvalue weighted by Crippen LogP contribution is 2.35. The first-order valence-electron chi connectivity index (χ1n) is 7.64. The number of aromatic nitrogens is 2. The quantitative estimate of drug-likeness (QED) is 0.932. The minimum atomic E-state index is 0. The average molecular weight is 299 g/mol. The lowest BCUT2D eigenvalue weighted by Gasteiger charge is -2.29. The van der Waals surface area contributed by atoms with Crippen LogP contribution in [0.1, 0.15) is 44.7 Å². The van der Waals surface area contributed by atoms with E-state index in [1.165, 1.54) is 37.9 Å². The first kappa shape index (κ1) is 15.8. The molecule has 5 heteroatoms. The number of rotatable bonds is 3. The fourth-order valence-electron chi connectivity index (χ4n) is 3.74. The topological polar surface area (TPSA) is 47.1 Å². The van der Waals surface area contributed by atoms with Gasteiger partial charge in [0.25, 0.3) is 0 Å². The van der Waals surface area contributed by atoms with E-state index in [0.717, 1.165) is 18.4 Å². The standard InChI is InChI=1S/C15H26N4.ClH/c1-11(2)19-8-12(6-17-19)7-18-9-13-4-3-5-15(16)14(13)10-18;/h6,8,11,13-15H,3-5,7,9-10,16H2,1-2H3;1H. The molecule has 114 valence electrons. The fraction of sp³-hybridized carbons (Fsp3) is 0.800. The highest BCUT2D eigenvalue weighted by Gasteiger charge is 2.38. The van der Waals surface area contributed by atoms with Crippen molar-refractivity contribution >= 4 is 12.4 Å². The first-order chi connectivity index (χ1) is 9.13. The monoisotopic (exact) mass is 298 g/mol. The molecule has 2 N–H and O–H groups in total. The summed E-state index contributed by atoms with van der Waals surface area (Å²) in [4.78, 5) is 2.57. The second kappa shape index (κ2) is 6.46. The number of likely N-dealkylation sites (tertiary alicyclic amines) is 1. The van der Waals surface area contributed by atoms with Gasteiger partial charge in [0.1, 0.15) is 0 Å². The Kier molecular flexibility index (Phi) is 5.10. The van der Waals surface area contributed by atoms with E-state index >= 15 is 0 Å². The fourth-order valence-corrected chi connectivity index (χ4v) is 3.74. The lowest BCUT2D eigenvalue weighted by molar-refractivity contribution is 0.259. The molecule has 0 spiro atoms. The van der Waals surface area contributed by atoms with E-state index in [4.69, 9.17) is 5.73 Å². The van der Waals surface area contributed by atoms with Crippen LogP contribution in [0.5, 0.6) is 0 Å². The molecule has 1 aliphatic heterocycles. The van der Waals surface area contributed by atoms with Gasteiger partial charge in [-0.1, -0.05) is 6.42 Å². The van der Waals surface area contributed by atoms with Crippen molar-refractivity contribution in [1.82, 2.24) is 14.7 Å². The van der Waals surface area contributed by atoms with Crippen molar-refractivity contribution in [3.63, 3.8) is 0 Å². The summed E-state index contributed by atoms with van der Waals surface area (Å²) in [6.07, 6.45) is 8.12. The molecule has 3 rings (SSSR count). The highest BCUT2D eigenvalue weighted by molar-refractivity contribution is 5.85. The van der Waals surface area contributed by atoms with Gasteiger partial charge in [-0.3, -0.25) is 9.58 Å². The van der Waals surface area contributed by atoms with Gasteiger partial charge >= 0.3 is 0 Å². The number of nitrogens with two attached hydrogens (primary N) is 1. The largest absolute Gasteiger partial charge is 0.327 e. The Morgan fingerprint density at radius 3 is 2.80 bits per heavy atom. The zero-order valence-corrected chi connectivity index (χ0v) is 13.4. The maximum absolute atomic E-state index is 6.28. The average Bonchev–Trinajstić information content (AvgIpc) is 2.96. The Morgan fingerprint density at radius 2 is 2.15 bits per heavy atom. The molecule has 1 aromatic heterocycles. The molecule has 0 amide bonds. The van der Waals surface area contributed by atoms with Crippen LogP contribution in [0.2, 0.25) is 0 Å². The number of hydrogen-bond donors (Lipinski definition) is 1. The van der Waals surface area contributed by atoms with Crippen molar-refractivity contribution in [1.29, 1.82) is 0 Å². The van der Waals surface area contributed by atoms with Crippen LogP contribution in [0.4, 0.5) is 0 Å². The first-order valence-corrected chi connectivity index (χ1v) is 7.64. The van der Waals surface area contributed by atoms with E-state index in [1.807, 2.05) is 10.9 Å². The Labute approximate surface area is 128 Å². The second-order valence-corrected chi connectivity index (χ2v) is 6.64. The van der Waals surface area contributed by atoms with E-state index in [9.17, 15) is 0 Å². The molecule has 1 aromatic rings. The van der Waals surface area contributed by atoms with Crippen LogP contribution in [0.15, 0.2) is 12.4 Å². The number of halogens is 1. The Morgan fingerprint density at radius 1 is 1.35 bits per heavy atom. The predicted octanol–water partition coefficient (Wildman–Crippen LogP) is 2.45. The van der Waals surface area contributed by atoms with Crippen molar-refractivity contribution in [2.75, 3.05) is 13.1 Å². The normalized spacial score (nSPS) is 30.3. The van der Waals surface area contributed by atoms with E-state index in [0.29, 0.717) is 12.1 Å². The summed E-state index contributed by atoms with van der Waals surface area (Å²) >= 11 is 0. The van der Waals surface area contributed by atoms with Crippen LogP contribution >= 0.6 is 12.4 Å². The van der Waals surface area contributed by atoms with Crippen LogP contribution in [0.3, 0.4) is 0 Å². The van der Waals surface area contributed by atoms with Gasteiger partial charge in [-0.25, -0.2) is 0 Å². The number of nitrogens with zero attached hydrogens (tertiary/aromatic N) is 3. The molecule has 2 heterocycles. The summed E-state index contributed by atoms with van der Waals surface area (Å²) in [5, 5.41) is 4.43. The Balaban J connectivity index is 0.00000147. The Hall–Kier alpha value is -0.580. The van der Waals surface area contributed by atoms with E-state index in [1.54, 1.807) is 0 Å². The summed E-state index contributed by atoms with van der Waals surface area (Å²) in [6.45, 7) is 7.77. The SMILES string of the molecule is CC(C)n1cc(CN2CC3CCCC(N)C3C2)cn1.Cl. The zero-order chi connectivity index (χ0) is 13.4. The molecule has 1 saturated heterocycles. The lowest BCUT2D eigenvalue weighted by atomic mass is 9.78. The second-order valence-electron chi connectivity index (χ2n) is 6.64. The van der Waals surface area contributed by atoms with Crippen molar-refractivity contribution < 1.29 is 0 Å². The minimum Gasteiger partial charge on any atom is -0.327 e. The Bertz CT molecular complexity index is 431. The molecule has 0 bridgehead atoms. The number of hydrogen-bond acceptors (Lipinski definition) is 3. The van der Waals surface area contributed by atoms with Crippen LogP contribution < -0.4 is 5.73 Å². The third-order valence-corrected chi connectivity index (χ3v) is 4.82. The van der Waals surface area contributed by atoms with Gasteiger partial charge in [-0.05, 0) is 38.5 Å². The molecule has 0 radical (unpaired) electrons. The summed E-state index contributed by atoms with van der Waals surface area (Å²) in [6, 6.07) is 0.880. The van der Waals surface area contributed by atoms with Crippen molar-refractivity contribution in [3.05, 3.63) is 18.0 Å². The number of fused-ring (bicyclic) bond motifs is 1. The van der Waals surface area contributed by atoms with Gasteiger partial charge in [-0.15, -0.1) is 12.4 Å². The zero-order valence-electron chi connectivity index (χ0n) is 12.5. The third kappa shape index (κ3) is 3.18. The molecule has 20 heavy (non-hydrogen) atoms. The predicted molar refractivity (Wildman–Crippen MR) is 83.9 cm³/mol. The molecule has 1 aliphatic carbocycles. The maximum Gasteiger partial charge on any atom is 0.0534 e. The maximum atomic E-state index is 6.28. The molecule has 3 unspecified atom stereocenters. The lowest BCUT2D eigenvalue weighted by Crippen LogP contribution is -2.38. The molecule has 1 saturated carbocycles.